The highest BCUT2D eigenvalue weighted by atomic mass is 32.1. The van der Waals surface area contributed by atoms with Crippen LogP contribution < -0.4 is 11.1 Å². The summed E-state index contributed by atoms with van der Waals surface area (Å²) in [5, 5.41) is 5.21. The fraction of sp³-hybridized carbons (Fsp3) is 0.583. The molecule has 7 heteroatoms. The number of hydrogen-bond acceptors (Lipinski definition) is 5. The van der Waals surface area contributed by atoms with Crippen LogP contribution in [0.1, 0.15) is 41.8 Å². The molecule has 19 heavy (non-hydrogen) atoms. The van der Waals surface area contributed by atoms with Gasteiger partial charge >= 0.3 is 0 Å². The molecule has 6 nitrogen and oxygen atoms in total. The van der Waals surface area contributed by atoms with E-state index in [0.717, 1.165) is 5.01 Å². The van der Waals surface area contributed by atoms with Gasteiger partial charge in [0, 0.05) is 18.5 Å². The molecule has 104 valence electrons. The maximum absolute atomic E-state index is 12.4. The van der Waals surface area contributed by atoms with E-state index in [-0.39, 0.29) is 17.9 Å². The Kier molecular flexibility index (Phi) is 4.16. The highest BCUT2D eigenvalue weighted by Gasteiger charge is 2.33. The summed E-state index contributed by atoms with van der Waals surface area (Å²) in [5.74, 6) is -0.283. The third-order valence-electron chi connectivity index (χ3n) is 3.11. The predicted molar refractivity (Wildman–Crippen MR) is 72.8 cm³/mol. The first kappa shape index (κ1) is 14.0. The molecule has 0 bridgehead atoms. The summed E-state index contributed by atoms with van der Waals surface area (Å²) in [6.07, 6.45) is 0.599. The molecule has 2 unspecified atom stereocenters. The van der Waals surface area contributed by atoms with Crippen molar-refractivity contribution in [1.29, 1.82) is 0 Å². The van der Waals surface area contributed by atoms with Gasteiger partial charge < -0.3 is 16.0 Å². The van der Waals surface area contributed by atoms with Crippen LogP contribution in [-0.2, 0) is 4.79 Å². The number of carbonyl (C=O) groups is 2. The number of aromatic nitrogens is 1. The quantitative estimate of drug-likeness (QED) is 0.845. The van der Waals surface area contributed by atoms with Crippen molar-refractivity contribution in [3.63, 3.8) is 0 Å². The highest BCUT2D eigenvalue weighted by molar-refractivity contribution is 7.09. The van der Waals surface area contributed by atoms with Crippen molar-refractivity contribution < 1.29 is 9.59 Å². The number of nitrogens with two attached hydrogens (primary N) is 1. The average Bonchev–Trinajstić information content (AvgIpc) is 2.87. The molecule has 2 heterocycles. The second-order valence-electron chi connectivity index (χ2n) is 4.57. The first-order valence-electron chi connectivity index (χ1n) is 6.34. The molecule has 3 N–H and O–H groups in total. The summed E-state index contributed by atoms with van der Waals surface area (Å²) >= 11 is 1.38. The van der Waals surface area contributed by atoms with Crippen LogP contribution in [0.15, 0.2) is 5.38 Å². The first-order chi connectivity index (χ1) is 9.04. The van der Waals surface area contributed by atoms with Crippen molar-refractivity contribution in [1.82, 2.24) is 15.2 Å². The Balaban J connectivity index is 2.19. The minimum absolute atomic E-state index is 0.0928. The Morgan fingerprint density at radius 2 is 2.47 bits per heavy atom. The Hall–Kier alpha value is -1.47. The largest absolute Gasteiger partial charge is 0.353 e. The van der Waals surface area contributed by atoms with Gasteiger partial charge in [0.15, 0.2) is 0 Å². The molecular formula is C12H18N4O2S. The van der Waals surface area contributed by atoms with E-state index in [1.165, 1.54) is 11.3 Å². The summed E-state index contributed by atoms with van der Waals surface area (Å²) in [7, 11) is 0. The zero-order valence-corrected chi connectivity index (χ0v) is 11.9. The third-order valence-corrected chi connectivity index (χ3v) is 4.15. The van der Waals surface area contributed by atoms with Crippen molar-refractivity contribution in [2.45, 2.75) is 32.4 Å². The smallest absolute Gasteiger partial charge is 0.274 e. The molecule has 1 aliphatic rings. The number of carbonyl (C=O) groups excluding carboxylic acids is 2. The molecule has 2 rings (SSSR count). The Labute approximate surface area is 116 Å². The summed E-state index contributed by atoms with van der Waals surface area (Å²) in [6.45, 7) is 4.74. The SMILES string of the molecule is CCC1C(=O)NCCN1C(=O)c1csc(C(C)N)n1. The van der Waals surface area contributed by atoms with Crippen molar-refractivity contribution in [2.24, 2.45) is 5.73 Å². The number of nitrogens with one attached hydrogen (secondary N) is 1. The number of hydrogen-bond donors (Lipinski definition) is 2. The number of amides is 2. The fourth-order valence-electron chi connectivity index (χ4n) is 2.11. The van der Waals surface area contributed by atoms with E-state index in [2.05, 4.69) is 10.3 Å². The standard InChI is InChI=1S/C12H18N4O2S/c1-3-9-10(17)14-4-5-16(9)12(18)8-6-19-11(15-8)7(2)13/h6-7,9H,3-5,13H2,1-2H3,(H,14,17). The molecule has 1 aromatic rings. The normalized spacial score (nSPS) is 21.1. The molecular weight excluding hydrogens is 264 g/mol. The van der Waals surface area contributed by atoms with Gasteiger partial charge in [0.1, 0.15) is 16.7 Å². The average molecular weight is 282 g/mol. The maximum atomic E-state index is 12.4. The van der Waals surface area contributed by atoms with Crippen LogP contribution >= 0.6 is 11.3 Å². The van der Waals surface area contributed by atoms with Crippen LogP contribution in [0, 0.1) is 0 Å². The lowest BCUT2D eigenvalue weighted by atomic mass is 10.1. The second kappa shape index (κ2) is 5.66. The summed E-state index contributed by atoms with van der Waals surface area (Å²) in [6, 6.07) is -0.583. The lowest BCUT2D eigenvalue weighted by Crippen LogP contribution is -2.56. The molecule has 0 aromatic carbocycles. The number of thiazole rings is 1. The van der Waals surface area contributed by atoms with E-state index in [1.54, 1.807) is 10.3 Å². The van der Waals surface area contributed by atoms with Crippen molar-refractivity contribution in [2.75, 3.05) is 13.1 Å². The summed E-state index contributed by atoms with van der Waals surface area (Å²) in [4.78, 5) is 30.0. The van der Waals surface area contributed by atoms with Crippen LogP contribution in [0.2, 0.25) is 0 Å². The van der Waals surface area contributed by atoms with E-state index in [4.69, 9.17) is 5.73 Å². The minimum Gasteiger partial charge on any atom is -0.353 e. The number of piperazine rings is 1. The zero-order chi connectivity index (χ0) is 14.0. The van der Waals surface area contributed by atoms with Gasteiger partial charge in [-0.05, 0) is 13.3 Å². The number of rotatable bonds is 3. The molecule has 0 aliphatic carbocycles. The molecule has 2 atom stereocenters. The molecule has 0 saturated carbocycles. The van der Waals surface area contributed by atoms with Crippen molar-refractivity contribution in [3.05, 3.63) is 16.1 Å². The fourth-order valence-corrected chi connectivity index (χ4v) is 2.86. The Bertz CT molecular complexity index is 486. The van der Waals surface area contributed by atoms with E-state index in [9.17, 15) is 9.59 Å². The Morgan fingerprint density at radius 1 is 1.74 bits per heavy atom. The van der Waals surface area contributed by atoms with Crippen molar-refractivity contribution >= 4 is 23.2 Å². The highest BCUT2D eigenvalue weighted by Crippen LogP contribution is 2.19. The van der Waals surface area contributed by atoms with Gasteiger partial charge in [-0.15, -0.1) is 11.3 Å². The van der Waals surface area contributed by atoms with E-state index < -0.39 is 6.04 Å². The zero-order valence-electron chi connectivity index (χ0n) is 11.0. The van der Waals surface area contributed by atoms with Gasteiger partial charge in [-0.1, -0.05) is 6.92 Å². The lowest BCUT2D eigenvalue weighted by molar-refractivity contribution is -0.127. The van der Waals surface area contributed by atoms with Crippen molar-refractivity contribution in [3.8, 4) is 0 Å². The van der Waals surface area contributed by atoms with E-state index >= 15 is 0 Å². The lowest BCUT2D eigenvalue weighted by Gasteiger charge is -2.34. The van der Waals surface area contributed by atoms with Crippen LogP contribution in [0.3, 0.4) is 0 Å². The molecule has 1 aliphatic heterocycles. The van der Waals surface area contributed by atoms with Gasteiger partial charge in [0.05, 0.1) is 6.04 Å². The molecule has 0 radical (unpaired) electrons. The van der Waals surface area contributed by atoms with Gasteiger partial charge in [-0.25, -0.2) is 4.98 Å². The second-order valence-corrected chi connectivity index (χ2v) is 5.46. The van der Waals surface area contributed by atoms with Gasteiger partial charge in [0.2, 0.25) is 5.91 Å². The monoisotopic (exact) mass is 282 g/mol. The summed E-state index contributed by atoms with van der Waals surface area (Å²) < 4.78 is 0. The van der Waals surface area contributed by atoms with Gasteiger partial charge in [-0.2, -0.15) is 0 Å². The van der Waals surface area contributed by atoms with Crippen LogP contribution in [0.4, 0.5) is 0 Å². The van der Waals surface area contributed by atoms with Crippen LogP contribution in [0.25, 0.3) is 0 Å². The summed E-state index contributed by atoms with van der Waals surface area (Å²) in [5.41, 5.74) is 6.12. The minimum atomic E-state index is -0.401. The Morgan fingerprint density at radius 3 is 3.05 bits per heavy atom. The topological polar surface area (TPSA) is 88.3 Å². The predicted octanol–water partition coefficient (Wildman–Crippen LogP) is 0.513. The van der Waals surface area contributed by atoms with Gasteiger partial charge in [-0.3, -0.25) is 9.59 Å². The molecule has 0 spiro atoms. The van der Waals surface area contributed by atoms with E-state index in [1.807, 2.05) is 13.8 Å². The molecule has 1 saturated heterocycles. The molecule has 2 amide bonds. The third kappa shape index (κ3) is 2.76. The molecule has 1 aromatic heterocycles. The molecule has 1 fully saturated rings. The first-order valence-corrected chi connectivity index (χ1v) is 7.22. The number of nitrogens with zero attached hydrogens (tertiary/aromatic N) is 2. The van der Waals surface area contributed by atoms with Crippen LogP contribution in [-0.4, -0.2) is 40.8 Å². The van der Waals surface area contributed by atoms with Gasteiger partial charge in [0.25, 0.3) is 5.91 Å². The van der Waals surface area contributed by atoms with E-state index in [0.29, 0.717) is 25.2 Å². The maximum Gasteiger partial charge on any atom is 0.274 e. The van der Waals surface area contributed by atoms with Crippen LogP contribution in [0.5, 0.6) is 0 Å².